The van der Waals surface area contributed by atoms with Crippen LogP contribution in [0.4, 0.5) is 5.69 Å². The predicted molar refractivity (Wildman–Crippen MR) is 87.8 cm³/mol. The average Bonchev–Trinajstić information content (AvgIpc) is 2.56. The third-order valence-corrected chi connectivity index (χ3v) is 4.30. The van der Waals surface area contributed by atoms with Gasteiger partial charge in [-0.15, -0.1) is 0 Å². The van der Waals surface area contributed by atoms with Gasteiger partial charge in [0.05, 0.1) is 12.5 Å². The molecule has 0 fully saturated rings. The van der Waals surface area contributed by atoms with E-state index in [1.54, 1.807) is 30.0 Å². The Morgan fingerprint density at radius 3 is 2.86 bits per heavy atom. The van der Waals surface area contributed by atoms with Crippen molar-refractivity contribution in [2.45, 2.75) is 13.5 Å². The lowest BCUT2D eigenvalue weighted by molar-refractivity contribution is 0.416. The van der Waals surface area contributed by atoms with Crippen molar-refractivity contribution in [1.29, 1.82) is 0 Å². The normalized spacial score (nSPS) is 11.8. The maximum Gasteiger partial charge on any atom is 0.263 e. The van der Waals surface area contributed by atoms with E-state index in [1.807, 2.05) is 31.2 Å². The number of para-hydroxylation sites is 2. The summed E-state index contributed by atoms with van der Waals surface area (Å²) >= 11 is 1.40. The van der Waals surface area contributed by atoms with Gasteiger partial charge in [-0.1, -0.05) is 23.5 Å². The second-order valence-corrected chi connectivity index (χ2v) is 5.53. The maximum atomic E-state index is 12.6. The summed E-state index contributed by atoms with van der Waals surface area (Å²) in [6.45, 7) is 2.48. The third kappa shape index (κ3) is 2.53. The molecule has 0 spiro atoms. The fourth-order valence-electron chi connectivity index (χ4n) is 2.20. The van der Waals surface area contributed by atoms with E-state index >= 15 is 0 Å². The molecule has 0 unspecified atom stereocenters. The van der Waals surface area contributed by atoms with Crippen LogP contribution in [0.1, 0.15) is 6.92 Å². The smallest absolute Gasteiger partial charge is 0.263 e. The fourth-order valence-corrected chi connectivity index (χ4v) is 3.21. The first kappa shape index (κ1) is 14.5. The Hall–Kier alpha value is -2.47. The van der Waals surface area contributed by atoms with Gasteiger partial charge in [0.1, 0.15) is 16.3 Å². The van der Waals surface area contributed by atoms with E-state index in [1.165, 1.54) is 11.3 Å². The van der Waals surface area contributed by atoms with Gasteiger partial charge in [0.25, 0.3) is 5.56 Å². The molecule has 2 aromatic heterocycles. The standard InChI is InChI=1S/C16H15N3O2S/c1-3-19-15(20)11-7-6-10-17-14(11)22-16(19)18-12-8-4-5-9-13(12)21-2/h4-10H,3H2,1-2H3. The van der Waals surface area contributed by atoms with Crippen molar-refractivity contribution in [2.24, 2.45) is 4.99 Å². The lowest BCUT2D eigenvalue weighted by Crippen LogP contribution is -2.31. The lowest BCUT2D eigenvalue weighted by Gasteiger charge is -2.06. The second-order valence-electron chi connectivity index (χ2n) is 4.57. The zero-order valence-corrected chi connectivity index (χ0v) is 13.1. The summed E-state index contributed by atoms with van der Waals surface area (Å²) < 4.78 is 6.97. The Morgan fingerprint density at radius 1 is 1.27 bits per heavy atom. The fraction of sp³-hybridized carbons (Fsp3) is 0.188. The molecule has 1 aromatic carbocycles. The molecule has 3 aromatic rings. The number of pyridine rings is 1. The quantitative estimate of drug-likeness (QED) is 0.747. The molecule has 0 aliphatic carbocycles. The Balaban J connectivity index is 2.35. The van der Waals surface area contributed by atoms with E-state index in [9.17, 15) is 4.79 Å². The first-order valence-electron chi connectivity index (χ1n) is 6.91. The molecule has 3 rings (SSSR count). The first-order chi connectivity index (χ1) is 10.7. The minimum atomic E-state index is -0.0713. The molecule has 0 radical (unpaired) electrons. The Bertz CT molecular complexity index is 944. The summed E-state index contributed by atoms with van der Waals surface area (Å²) in [6.07, 6.45) is 1.68. The van der Waals surface area contributed by atoms with Crippen LogP contribution in [-0.2, 0) is 6.54 Å². The molecule has 0 aliphatic rings. The number of hydrogen-bond donors (Lipinski definition) is 0. The molecule has 0 saturated carbocycles. The van der Waals surface area contributed by atoms with Gasteiger partial charge in [-0.05, 0) is 31.2 Å². The monoisotopic (exact) mass is 313 g/mol. The van der Waals surface area contributed by atoms with Crippen LogP contribution in [0.2, 0.25) is 0 Å². The number of rotatable bonds is 3. The summed E-state index contributed by atoms with van der Waals surface area (Å²) in [6, 6.07) is 11.0. The molecule has 22 heavy (non-hydrogen) atoms. The highest BCUT2D eigenvalue weighted by molar-refractivity contribution is 7.15. The molecule has 0 aliphatic heterocycles. The molecule has 6 heteroatoms. The highest BCUT2D eigenvalue weighted by atomic mass is 32.1. The summed E-state index contributed by atoms with van der Waals surface area (Å²) in [4.78, 5) is 22.7. The largest absolute Gasteiger partial charge is 0.494 e. The Kier molecular flexibility index (Phi) is 4.02. The number of ether oxygens (including phenoxy) is 1. The molecule has 5 nitrogen and oxygen atoms in total. The molecule has 0 atom stereocenters. The van der Waals surface area contributed by atoms with E-state index in [0.717, 1.165) is 0 Å². The van der Waals surface area contributed by atoms with Crippen LogP contribution < -0.4 is 15.1 Å². The second kappa shape index (κ2) is 6.11. The van der Waals surface area contributed by atoms with Gasteiger partial charge in [0.15, 0.2) is 4.80 Å². The van der Waals surface area contributed by atoms with Gasteiger partial charge in [0, 0.05) is 12.7 Å². The van der Waals surface area contributed by atoms with E-state index in [0.29, 0.717) is 33.0 Å². The van der Waals surface area contributed by atoms with Crippen molar-refractivity contribution in [3.05, 3.63) is 57.8 Å². The van der Waals surface area contributed by atoms with Crippen LogP contribution in [-0.4, -0.2) is 16.7 Å². The zero-order valence-electron chi connectivity index (χ0n) is 12.3. The summed E-state index contributed by atoms with van der Waals surface area (Å²) in [5, 5.41) is 0.619. The lowest BCUT2D eigenvalue weighted by atomic mass is 10.3. The summed E-state index contributed by atoms with van der Waals surface area (Å²) in [5.41, 5.74) is 0.621. The van der Waals surface area contributed by atoms with E-state index < -0.39 is 0 Å². The van der Waals surface area contributed by atoms with Gasteiger partial charge in [-0.25, -0.2) is 9.98 Å². The van der Waals surface area contributed by atoms with Crippen molar-refractivity contribution in [3.63, 3.8) is 0 Å². The van der Waals surface area contributed by atoms with Gasteiger partial charge < -0.3 is 4.74 Å². The Morgan fingerprint density at radius 2 is 2.09 bits per heavy atom. The highest BCUT2D eigenvalue weighted by Gasteiger charge is 2.07. The third-order valence-electron chi connectivity index (χ3n) is 3.28. The number of methoxy groups -OCH3 is 1. The topological polar surface area (TPSA) is 56.5 Å². The van der Waals surface area contributed by atoms with Crippen molar-refractivity contribution >= 4 is 27.2 Å². The molecular weight excluding hydrogens is 298 g/mol. The molecule has 112 valence electrons. The van der Waals surface area contributed by atoms with Gasteiger partial charge >= 0.3 is 0 Å². The minimum Gasteiger partial charge on any atom is -0.494 e. The van der Waals surface area contributed by atoms with Crippen LogP contribution in [0.25, 0.3) is 10.2 Å². The SMILES string of the molecule is CCn1c(=Nc2ccccc2OC)sc2ncccc2c1=O. The summed E-state index contributed by atoms with van der Waals surface area (Å²) in [7, 11) is 1.60. The van der Waals surface area contributed by atoms with E-state index in [4.69, 9.17) is 4.74 Å². The van der Waals surface area contributed by atoms with Gasteiger partial charge in [-0.2, -0.15) is 0 Å². The molecule has 0 bridgehead atoms. The van der Waals surface area contributed by atoms with Crippen LogP contribution in [0, 0.1) is 0 Å². The Labute approximate surface area is 131 Å². The molecule has 0 saturated heterocycles. The van der Waals surface area contributed by atoms with Crippen LogP contribution in [0.15, 0.2) is 52.4 Å². The van der Waals surface area contributed by atoms with Crippen LogP contribution in [0.3, 0.4) is 0 Å². The average molecular weight is 313 g/mol. The predicted octanol–water partition coefficient (Wildman–Crippen LogP) is 2.72. The van der Waals surface area contributed by atoms with Gasteiger partial charge in [0.2, 0.25) is 0 Å². The number of nitrogens with zero attached hydrogens (tertiary/aromatic N) is 3. The van der Waals surface area contributed by atoms with Crippen molar-refractivity contribution in [3.8, 4) is 5.75 Å². The molecule has 0 N–H and O–H groups in total. The highest BCUT2D eigenvalue weighted by Crippen LogP contribution is 2.25. The van der Waals surface area contributed by atoms with Crippen molar-refractivity contribution < 1.29 is 4.74 Å². The van der Waals surface area contributed by atoms with Crippen molar-refractivity contribution in [2.75, 3.05) is 7.11 Å². The molecule has 0 amide bonds. The van der Waals surface area contributed by atoms with Crippen LogP contribution >= 0.6 is 11.3 Å². The molecular formula is C16H15N3O2S. The maximum absolute atomic E-state index is 12.6. The number of aromatic nitrogens is 2. The number of benzene rings is 1. The van der Waals surface area contributed by atoms with Gasteiger partial charge in [-0.3, -0.25) is 9.36 Å². The molecule has 2 heterocycles. The number of hydrogen-bond acceptors (Lipinski definition) is 5. The summed E-state index contributed by atoms with van der Waals surface area (Å²) in [5.74, 6) is 0.672. The van der Waals surface area contributed by atoms with Crippen molar-refractivity contribution in [1.82, 2.24) is 9.55 Å². The minimum absolute atomic E-state index is 0.0713. The zero-order chi connectivity index (χ0) is 15.5. The van der Waals surface area contributed by atoms with E-state index in [-0.39, 0.29) is 5.56 Å². The van der Waals surface area contributed by atoms with E-state index in [2.05, 4.69) is 9.98 Å². The first-order valence-corrected chi connectivity index (χ1v) is 7.72. The number of fused-ring (bicyclic) bond motifs is 1. The van der Waals surface area contributed by atoms with Crippen LogP contribution in [0.5, 0.6) is 5.75 Å².